The Kier molecular flexibility index (Phi) is 4.22. The second-order valence-electron chi connectivity index (χ2n) is 6.31. The minimum Gasteiger partial charge on any atom is -0.491 e. The molecule has 0 saturated heterocycles. The van der Waals surface area contributed by atoms with Crippen molar-refractivity contribution in [3.8, 4) is 5.75 Å². The number of benzene rings is 1. The number of carbonyl (C=O) groups excluding carboxylic acids is 1. The summed E-state index contributed by atoms with van der Waals surface area (Å²) >= 11 is 0. The number of amides is 1. The van der Waals surface area contributed by atoms with Gasteiger partial charge in [-0.25, -0.2) is 8.42 Å². The molecule has 0 saturated carbocycles. The fourth-order valence-electron chi connectivity index (χ4n) is 2.19. The van der Waals surface area contributed by atoms with Crippen LogP contribution in [0.1, 0.15) is 38.8 Å². The van der Waals surface area contributed by atoms with Crippen molar-refractivity contribution >= 4 is 25.6 Å². The van der Waals surface area contributed by atoms with E-state index < -0.39 is 9.05 Å². The summed E-state index contributed by atoms with van der Waals surface area (Å²) in [5, 5.41) is 2.87. The minimum atomic E-state index is -3.80. The van der Waals surface area contributed by atoms with E-state index in [1.165, 1.54) is 12.1 Å². The molecule has 2 rings (SSSR count). The van der Waals surface area contributed by atoms with Crippen LogP contribution in [0.15, 0.2) is 23.1 Å². The topological polar surface area (TPSA) is 72.5 Å². The molecule has 1 aliphatic heterocycles. The normalized spacial score (nSPS) is 18.0. The summed E-state index contributed by atoms with van der Waals surface area (Å²) < 4.78 is 28.2. The first-order valence-electron chi connectivity index (χ1n) is 6.57. The van der Waals surface area contributed by atoms with Crippen LogP contribution in [0.2, 0.25) is 0 Å². The van der Waals surface area contributed by atoms with Crippen LogP contribution < -0.4 is 10.1 Å². The van der Waals surface area contributed by atoms with Crippen LogP contribution >= 0.6 is 10.7 Å². The number of carbonyl (C=O) groups is 1. The van der Waals surface area contributed by atoms with E-state index in [9.17, 15) is 13.2 Å². The highest BCUT2D eigenvalue weighted by Crippen LogP contribution is 2.35. The van der Waals surface area contributed by atoms with E-state index in [1.54, 1.807) is 6.07 Å². The maximum absolute atomic E-state index is 12.0. The maximum atomic E-state index is 12.0. The largest absolute Gasteiger partial charge is 0.491 e. The van der Waals surface area contributed by atoms with Gasteiger partial charge in [-0.3, -0.25) is 4.79 Å². The van der Waals surface area contributed by atoms with Crippen molar-refractivity contribution < 1.29 is 17.9 Å². The molecule has 1 unspecified atom stereocenters. The Morgan fingerprint density at radius 2 is 2.10 bits per heavy atom. The van der Waals surface area contributed by atoms with Crippen molar-refractivity contribution in [2.24, 2.45) is 5.41 Å². The van der Waals surface area contributed by atoms with Crippen molar-refractivity contribution in [3.05, 3.63) is 23.8 Å². The lowest BCUT2D eigenvalue weighted by atomic mass is 9.91. The minimum absolute atomic E-state index is 0.00323. The lowest BCUT2D eigenvalue weighted by molar-refractivity contribution is -0.123. The summed E-state index contributed by atoms with van der Waals surface area (Å²) in [7, 11) is 1.54. The van der Waals surface area contributed by atoms with Crippen molar-refractivity contribution in [2.45, 2.75) is 38.1 Å². The van der Waals surface area contributed by atoms with Crippen LogP contribution in [-0.2, 0) is 13.8 Å². The fourth-order valence-corrected chi connectivity index (χ4v) is 2.98. The third-order valence-corrected chi connectivity index (χ3v) is 4.42. The van der Waals surface area contributed by atoms with Crippen molar-refractivity contribution in [2.75, 3.05) is 6.61 Å². The van der Waals surface area contributed by atoms with Crippen LogP contribution in [-0.4, -0.2) is 20.9 Å². The first-order valence-corrected chi connectivity index (χ1v) is 8.88. The number of rotatable bonds is 3. The molecular weight excluding hydrogens is 314 g/mol. The van der Waals surface area contributed by atoms with Gasteiger partial charge in [0.15, 0.2) is 0 Å². The molecule has 1 N–H and O–H groups in total. The van der Waals surface area contributed by atoms with Crippen molar-refractivity contribution in [1.29, 1.82) is 0 Å². The van der Waals surface area contributed by atoms with Gasteiger partial charge in [0.1, 0.15) is 12.4 Å². The first kappa shape index (κ1) is 16.1. The third-order valence-electron chi connectivity index (χ3n) is 3.07. The van der Waals surface area contributed by atoms with E-state index in [-0.39, 0.29) is 28.9 Å². The van der Waals surface area contributed by atoms with Gasteiger partial charge in [0.2, 0.25) is 5.91 Å². The molecule has 1 aromatic carbocycles. The average Bonchev–Trinajstić information content (AvgIpc) is 2.68. The highest BCUT2D eigenvalue weighted by atomic mass is 35.7. The molecule has 1 heterocycles. The lowest BCUT2D eigenvalue weighted by Crippen LogP contribution is -2.32. The zero-order valence-electron chi connectivity index (χ0n) is 12.1. The Hall–Kier alpha value is -1.27. The molecule has 0 aromatic heterocycles. The predicted octanol–water partition coefficient (Wildman–Crippen LogP) is 2.60. The number of ether oxygens (including phenoxy) is 1. The summed E-state index contributed by atoms with van der Waals surface area (Å²) in [4.78, 5) is 12.0. The van der Waals surface area contributed by atoms with Gasteiger partial charge in [0.05, 0.1) is 10.9 Å². The second kappa shape index (κ2) is 5.50. The van der Waals surface area contributed by atoms with Gasteiger partial charge >= 0.3 is 0 Å². The van der Waals surface area contributed by atoms with E-state index in [4.69, 9.17) is 15.4 Å². The smallest absolute Gasteiger partial charge is 0.261 e. The van der Waals surface area contributed by atoms with E-state index in [0.29, 0.717) is 17.7 Å². The van der Waals surface area contributed by atoms with Gasteiger partial charge in [0, 0.05) is 22.7 Å². The Bertz CT molecular complexity index is 664. The van der Waals surface area contributed by atoms with Crippen LogP contribution in [0.25, 0.3) is 0 Å². The molecule has 0 radical (unpaired) electrons. The number of fused-ring (bicyclic) bond motifs is 1. The van der Waals surface area contributed by atoms with Crippen molar-refractivity contribution in [3.63, 3.8) is 0 Å². The van der Waals surface area contributed by atoms with E-state index >= 15 is 0 Å². The number of hydrogen-bond donors (Lipinski definition) is 1. The van der Waals surface area contributed by atoms with E-state index in [1.807, 2.05) is 20.8 Å². The quantitative estimate of drug-likeness (QED) is 0.864. The molecule has 0 aliphatic carbocycles. The van der Waals surface area contributed by atoms with Gasteiger partial charge in [-0.2, -0.15) is 0 Å². The maximum Gasteiger partial charge on any atom is 0.261 e. The Morgan fingerprint density at radius 1 is 1.43 bits per heavy atom. The molecular formula is C14H18ClNO4S. The zero-order chi connectivity index (χ0) is 15.8. The molecule has 0 bridgehead atoms. The predicted molar refractivity (Wildman–Crippen MR) is 79.9 cm³/mol. The average molecular weight is 332 g/mol. The van der Waals surface area contributed by atoms with Gasteiger partial charge in [-0.15, -0.1) is 0 Å². The molecule has 21 heavy (non-hydrogen) atoms. The fraction of sp³-hybridized carbons (Fsp3) is 0.500. The highest BCUT2D eigenvalue weighted by molar-refractivity contribution is 8.13. The summed E-state index contributed by atoms with van der Waals surface area (Å²) in [6.45, 7) is 6.22. The summed E-state index contributed by atoms with van der Waals surface area (Å²) in [5.41, 5.74) is 0.521. The van der Waals surface area contributed by atoms with Gasteiger partial charge in [0.25, 0.3) is 9.05 Å². The van der Waals surface area contributed by atoms with Crippen LogP contribution in [0.5, 0.6) is 5.75 Å². The van der Waals surface area contributed by atoms with Crippen LogP contribution in [0, 0.1) is 5.41 Å². The number of hydrogen-bond acceptors (Lipinski definition) is 4. The van der Waals surface area contributed by atoms with Gasteiger partial charge in [-0.05, 0) is 23.6 Å². The monoisotopic (exact) mass is 331 g/mol. The van der Waals surface area contributed by atoms with Gasteiger partial charge < -0.3 is 10.1 Å². The Balaban J connectivity index is 2.19. The van der Waals surface area contributed by atoms with E-state index in [2.05, 4.69) is 5.32 Å². The summed E-state index contributed by atoms with van der Waals surface area (Å²) in [6, 6.07) is 4.04. The number of nitrogens with one attached hydrogen (secondary N) is 1. The molecule has 7 heteroatoms. The summed E-state index contributed by atoms with van der Waals surface area (Å²) in [6.07, 6.45) is 0.381. The van der Waals surface area contributed by atoms with E-state index in [0.717, 1.165) is 0 Å². The molecule has 1 aliphatic rings. The number of halogens is 1. The lowest BCUT2D eigenvalue weighted by Gasteiger charge is -2.19. The standard InChI is InChI=1S/C14H18ClNO4S/c1-14(2,3)7-13(17)16-11-8-20-12-5-4-9(6-10(11)12)21(15,18)19/h4-6,11H,7-8H2,1-3H3,(H,16,17). The summed E-state index contributed by atoms with van der Waals surface area (Å²) in [5.74, 6) is 0.475. The SMILES string of the molecule is CC(C)(C)CC(=O)NC1COc2ccc(S(=O)(=O)Cl)cc21. The molecule has 5 nitrogen and oxygen atoms in total. The second-order valence-corrected chi connectivity index (χ2v) is 8.87. The molecule has 116 valence electrons. The highest BCUT2D eigenvalue weighted by Gasteiger charge is 2.28. The molecule has 1 atom stereocenters. The van der Waals surface area contributed by atoms with Crippen LogP contribution in [0.3, 0.4) is 0 Å². The zero-order valence-corrected chi connectivity index (χ0v) is 13.7. The molecule has 0 spiro atoms. The Labute approximate surface area is 129 Å². The van der Waals surface area contributed by atoms with Crippen LogP contribution in [0.4, 0.5) is 0 Å². The third kappa shape index (κ3) is 4.11. The Morgan fingerprint density at radius 3 is 2.67 bits per heavy atom. The molecule has 1 amide bonds. The first-order chi connectivity index (χ1) is 9.56. The molecule has 0 fully saturated rings. The van der Waals surface area contributed by atoms with Crippen molar-refractivity contribution in [1.82, 2.24) is 5.32 Å². The van der Waals surface area contributed by atoms with Gasteiger partial charge in [-0.1, -0.05) is 20.8 Å². The molecule has 1 aromatic rings.